The number of carbonyl (C=O) groups is 1. The molecule has 1 saturated heterocycles. The van der Waals surface area contributed by atoms with Gasteiger partial charge in [0.2, 0.25) is 0 Å². The number of rotatable bonds is 4. The maximum absolute atomic E-state index is 12.3. The number of aliphatic hydroxyl groups excluding tert-OH is 2. The first kappa shape index (κ1) is 19.6. The van der Waals surface area contributed by atoms with E-state index in [2.05, 4.69) is 17.0 Å². The Labute approximate surface area is 167 Å². The predicted molar refractivity (Wildman–Crippen MR) is 104 cm³/mol. The fraction of sp³-hybridized carbons (Fsp3) is 0.450. The van der Waals surface area contributed by atoms with Crippen molar-refractivity contribution in [3.8, 4) is 0 Å². The molecule has 0 radical (unpaired) electrons. The highest BCUT2D eigenvalue weighted by Crippen LogP contribution is 2.40. The average molecular weight is 400 g/mol. The van der Waals surface area contributed by atoms with E-state index in [1.165, 1.54) is 10.8 Å². The zero-order valence-corrected chi connectivity index (χ0v) is 16.2. The van der Waals surface area contributed by atoms with E-state index in [1.54, 1.807) is 25.1 Å². The Morgan fingerprint density at radius 2 is 2.24 bits per heavy atom. The molecule has 2 aromatic heterocycles. The zero-order chi connectivity index (χ0) is 20.8. The molecule has 1 aliphatic carbocycles. The summed E-state index contributed by atoms with van der Waals surface area (Å²) in [5.41, 5.74) is 6.13. The van der Waals surface area contributed by atoms with Crippen LogP contribution >= 0.6 is 0 Å². The van der Waals surface area contributed by atoms with Gasteiger partial charge >= 0.3 is 5.97 Å². The summed E-state index contributed by atoms with van der Waals surface area (Å²) in [4.78, 5) is 16.3. The summed E-state index contributed by atoms with van der Waals surface area (Å²) in [6, 6.07) is 3.42. The molecule has 29 heavy (non-hydrogen) atoms. The summed E-state index contributed by atoms with van der Waals surface area (Å²) >= 11 is 0. The lowest BCUT2D eigenvalue weighted by atomic mass is 9.96. The molecule has 0 aromatic carbocycles. The Hall–Kier alpha value is -2.75. The molecule has 2 aromatic rings. The van der Waals surface area contributed by atoms with Crippen molar-refractivity contribution < 1.29 is 24.5 Å². The molecule has 2 aliphatic rings. The van der Waals surface area contributed by atoms with Crippen LogP contribution in [-0.4, -0.2) is 55.2 Å². The van der Waals surface area contributed by atoms with Gasteiger partial charge in [0.15, 0.2) is 5.82 Å². The van der Waals surface area contributed by atoms with Crippen molar-refractivity contribution in [3.63, 3.8) is 0 Å². The quantitative estimate of drug-likeness (QED) is 0.646. The second-order valence-electron chi connectivity index (χ2n) is 7.79. The first-order valence-corrected chi connectivity index (χ1v) is 9.48. The highest BCUT2D eigenvalue weighted by molar-refractivity contribution is 5.91. The minimum atomic E-state index is -1.28. The van der Waals surface area contributed by atoms with E-state index in [0.29, 0.717) is 28.5 Å². The third kappa shape index (κ3) is 3.41. The van der Waals surface area contributed by atoms with Gasteiger partial charge in [-0.2, -0.15) is 5.10 Å². The molecule has 1 fully saturated rings. The number of anilines is 1. The Bertz CT molecular complexity index is 1000. The molecule has 1 aliphatic heterocycles. The number of hydrogen-bond donors (Lipinski definition) is 3. The molecule has 4 N–H and O–H groups in total. The second kappa shape index (κ2) is 7.25. The zero-order valence-electron chi connectivity index (χ0n) is 16.2. The van der Waals surface area contributed by atoms with Gasteiger partial charge in [-0.1, -0.05) is 25.2 Å². The van der Waals surface area contributed by atoms with Crippen LogP contribution in [0.1, 0.15) is 32.1 Å². The van der Waals surface area contributed by atoms with Crippen molar-refractivity contribution in [2.24, 2.45) is 5.92 Å². The summed E-state index contributed by atoms with van der Waals surface area (Å²) < 4.78 is 12.9. The number of carbonyl (C=O) groups excluding carboxylic acids is 1. The lowest BCUT2D eigenvalue weighted by Crippen LogP contribution is -2.44. The van der Waals surface area contributed by atoms with Gasteiger partial charge in [0, 0.05) is 0 Å². The largest absolute Gasteiger partial charge is 0.459 e. The van der Waals surface area contributed by atoms with Crippen LogP contribution in [0.2, 0.25) is 0 Å². The molecule has 0 amide bonds. The van der Waals surface area contributed by atoms with Crippen LogP contribution in [0.25, 0.3) is 5.52 Å². The standard InChI is InChI=1S/C20H24N4O5/c1-11-3-5-12(6-4-11)19(27)28-9-20(2)17(26)15(25)16(29-20)13-7-8-14-18(21)22-10-23-24(13)14/h3,5-8,10-11,15-17,25-26H,4,9H2,1-2H3,(H2,21,22,23)/t11?,15-,16-,17-,20+/m0/s1. The molecule has 0 saturated carbocycles. The molecule has 4 rings (SSSR count). The summed E-state index contributed by atoms with van der Waals surface area (Å²) in [5.74, 6) is 0.186. The third-order valence-electron chi connectivity index (χ3n) is 5.50. The van der Waals surface area contributed by atoms with Crippen LogP contribution in [0.4, 0.5) is 5.82 Å². The fourth-order valence-electron chi connectivity index (χ4n) is 3.67. The number of nitrogens with zero attached hydrogens (tertiary/aromatic N) is 3. The molecule has 3 heterocycles. The fourth-order valence-corrected chi connectivity index (χ4v) is 3.67. The maximum atomic E-state index is 12.3. The van der Waals surface area contributed by atoms with E-state index in [4.69, 9.17) is 15.2 Å². The van der Waals surface area contributed by atoms with Gasteiger partial charge in [-0.3, -0.25) is 0 Å². The van der Waals surface area contributed by atoms with Crippen molar-refractivity contribution in [3.05, 3.63) is 48.0 Å². The van der Waals surface area contributed by atoms with Crippen molar-refractivity contribution in [2.45, 2.75) is 44.2 Å². The highest BCUT2D eigenvalue weighted by atomic mass is 16.6. The smallest absolute Gasteiger partial charge is 0.337 e. The molecule has 9 heteroatoms. The Balaban J connectivity index is 1.51. The van der Waals surface area contributed by atoms with Crippen LogP contribution < -0.4 is 5.73 Å². The van der Waals surface area contributed by atoms with Crippen LogP contribution in [0.3, 0.4) is 0 Å². The minimum Gasteiger partial charge on any atom is -0.459 e. The van der Waals surface area contributed by atoms with Gasteiger partial charge in [0.25, 0.3) is 0 Å². The molecule has 9 nitrogen and oxygen atoms in total. The van der Waals surface area contributed by atoms with Crippen molar-refractivity contribution in [1.29, 1.82) is 0 Å². The van der Waals surface area contributed by atoms with Crippen LogP contribution in [-0.2, 0) is 14.3 Å². The number of fused-ring (bicyclic) bond motifs is 1. The number of hydrogen-bond acceptors (Lipinski definition) is 8. The van der Waals surface area contributed by atoms with Crippen molar-refractivity contribution in [2.75, 3.05) is 12.3 Å². The summed E-state index contributed by atoms with van der Waals surface area (Å²) in [6.07, 6.45) is 4.21. The minimum absolute atomic E-state index is 0.207. The van der Waals surface area contributed by atoms with Gasteiger partial charge in [-0.25, -0.2) is 14.3 Å². The lowest BCUT2D eigenvalue weighted by molar-refractivity contribution is -0.155. The van der Waals surface area contributed by atoms with Crippen LogP contribution in [0.15, 0.2) is 42.3 Å². The molecule has 154 valence electrons. The molecular weight excluding hydrogens is 376 g/mol. The van der Waals surface area contributed by atoms with Crippen LogP contribution in [0.5, 0.6) is 0 Å². The third-order valence-corrected chi connectivity index (χ3v) is 5.50. The van der Waals surface area contributed by atoms with Gasteiger partial charge in [0.1, 0.15) is 42.4 Å². The molecule has 1 unspecified atom stereocenters. The van der Waals surface area contributed by atoms with E-state index >= 15 is 0 Å². The molecule has 5 atom stereocenters. The van der Waals surface area contributed by atoms with Gasteiger partial charge in [0.05, 0.1) is 11.3 Å². The predicted octanol–water partition coefficient (Wildman–Crippen LogP) is 0.929. The maximum Gasteiger partial charge on any atom is 0.337 e. The molecule has 0 spiro atoms. The Morgan fingerprint density at radius 3 is 2.97 bits per heavy atom. The molecular formula is C20H24N4O5. The lowest BCUT2D eigenvalue weighted by Gasteiger charge is -2.27. The number of aliphatic hydroxyl groups is 2. The summed E-state index contributed by atoms with van der Waals surface area (Å²) in [5, 5.41) is 25.4. The number of nitrogen functional groups attached to an aromatic ring is 1. The van der Waals surface area contributed by atoms with Gasteiger partial charge < -0.3 is 25.4 Å². The van der Waals surface area contributed by atoms with E-state index in [9.17, 15) is 15.0 Å². The summed E-state index contributed by atoms with van der Waals surface area (Å²) in [6.45, 7) is 3.45. The van der Waals surface area contributed by atoms with Crippen molar-refractivity contribution >= 4 is 17.3 Å². The van der Waals surface area contributed by atoms with Crippen LogP contribution in [0, 0.1) is 5.92 Å². The molecule has 0 bridgehead atoms. The second-order valence-corrected chi connectivity index (χ2v) is 7.79. The number of nitrogens with two attached hydrogens (primary N) is 1. The first-order chi connectivity index (χ1) is 13.8. The highest BCUT2D eigenvalue weighted by Gasteiger charge is 2.53. The number of allylic oxidation sites excluding steroid dienone is 2. The van der Waals surface area contributed by atoms with E-state index in [0.717, 1.165) is 6.42 Å². The Morgan fingerprint density at radius 1 is 1.45 bits per heavy atom. The monoisotopic (exact) mass is 400 g/mol. The average Bonchev–Trinajstić information content (AvgIpc) is 3.23. The van der Waals surface area contributed by atoms with Gasteiger partial charge in [-0.15, -0.1) is 0 Å². The SMILES string of the molecule is CC1C=CC(C(=O)OC[C@@]2(C)O[C@@H](c3ccc4c(N)ncnn34)[C@H](O)[C@@H]2O)=CC1. The number of esters is 1. The van der Waals surface area contributed by atoms with Crippen molar-refractivity contribution in [1.82, 2.24) is 14.6 Å². The van der Waals surface area contributed by atoms with E-state index in [-0.39, 0.29) is 6.61 Å². The Kier molecular flexibility index (Phi) is 4.89. The van der Waals surface area contributed by atoms with E-state index < -0.39 is 29.9 Å². The van der Waals surface area contributed by atoms with E-state index in [1.807, 2.05) is 12.2 Å². The topological polar surface area (TPSA) is 132 Å². The number of aromatic nitrogens is 3. The normalized spacial score (nSPS) is 31.8. The van der Waals surface area contributed by atoms with Gasteiger partial charge in [-0.05, 0) is 31.4 Å². The summed E-state index contributed by atoms with van der Waals surface area (Å²) in [7, 11) is 0. The number of ether oxygens (including phenoxy) is 2. The first-order valence-electron chi connectivity index (χ1n) is 9.48.